The molecule has 0 aliphatic carbocycles. The first-order valence-electron chi connectivity index (χ1n) is 9.41. The lowest BCUT2D eigenvalue weighted by atomic mass is 10.1. The smallest absolute Gasteiger partial charge is 0.159 e. The molecule has 0 aliphatic heterocycles. The maximum Gasteiger partial charge on any atom is 0.159 e. The monoisotopic (exact) mass is 361 g/mol. The topological polar surface area (TPSA) is 75.9 Å². The Labute approximate surface area is 161 Å². The van der Waals surface area contributed by atoms with Crippen LogP contribution in [0.2, 0.25) is 0 Å². The maximum absolute atomic E-state index is 6.27. The van der Waals surface area contributed by atoms with Gasteiger partial charge in [-0.1, -0.05) is 55.3 Å². The number of nitrogens with one attached hydrogen (secondary N) is 2. The van der Waals surface area contributed by atoms with Crippen LogP contribution in [0.3, 0.4) is 0 Å². The summed E-state index contributed by atoms with van der Waals surface area (Å²) in [6.45, 7) is 4.94. The largest absolute Gasteiger partial charge is 0.393 e. The number of aryl methyl sites for hydroxylation is 2. The molecule has 0 atom stereocenters. The minimum absolute atomic E-state index is 0.514. The lowest BCUT2D eigenvalue weighted by Gasteiger charge is -2.13. The average Bonchev–Trinajstić information content (AvgIpc) is 2.69. The summed E-state index contributed by atoms with van der Waals surface area (Å²) >= 11 is 0. The van der Waals surface area contributed by atoms with E-state index in [1.165, 1.54) is 35.9 Å². The number of hydrogen-bond acceptors (Lipinski definition) is 5. The summed E-state index contributed by atoms with van der Waals surface area (Å²) < 4.78 is 0. The third kappa shape index (κ3) is 5.20. The minimum atomic E-state index is 0.514. The molecular weight excluding hydrogens is 334 g/mol. The lowest BCUT2D eigenvalue weighted by molar-refractivity contribution is 0.795. The molecule has 0 unspecified atom stereocenters. The summed E-state index contributed by atoms with van der Waals surface area (Å²) in [6, 6.07) is 16.8. The molecule has 3 rings (SSSR count). The Bertz CT molecular complexity index is 857. The number of aromatic nitrogens is 2. The first-order chi connectivity index (χ1) is 13.2. The number of rotatable bonds is 8. The van der Waals surface area contributed by atoms with Gasteiger partial charge in [-0.25, -0.2) is 9.97 Å². The third-order valence-electron chi connectivity index (χ3n) is 4.50. The fourth-order valence-corrected chi connectivity index (χ4v) is 2.80. The Hall–Kier alpha value is -3.08. The van der Waals surface area contributed by atoms with Gasteiger partial charge in [0, 0.05) is 12.2 Å². The summed E-state index contributed by atoms with van der Waals surface area (Å²) in [5.74, 6) is 1.24. The van der Waals surface area contributed by atoms with Gasteiger partial charge < -0.3 is 16.4 Å². The second kappa shape index (κ2) is 9.03. The van der Waals surface area contributed by atoms with Gasteiger partial charge in [-0.2, -0.15) is 0 Å². The first-order valence-corrected chi connectivity index (χ1v) is 9.41. The molecule has 0 spiro atoms. The van der Waals surface area contributed by atoms with Crippen molar-refractivity contribution in [2.75, 3.05) is 16.4 Å². The van der Waals surface area contributed by atoms with Crippen molar-refractivity contribution >= 4 is 23.0 Å². The highest BCUT2D eigenvalue weighted by Crippen LogP contribution is 2.26. The molecule has 0 amide bonds. The normalized spacial score (nSPS) is 10.6. The van der Waals surface area contributed by atoms with Gasteiger partial charge in [-0.3, -0.25) is 0 Å². The van der Waals surface area contributed by atoms with Gasteiger partial charge in [0.2, 0.25) is 0 Å². The number of anilines is 4. The Morgan fingerprint density at radius 1 is 0.889 bits per heavy atom. The Morgan fingerprint density at radius 2 is 1.56 bits per heavy atom. The quantitative estimate of drug-likeness (QED) is 0.522. The van der Waals surface area contributed by atoms with E-state index in [9.17, 15) is 0 Å². The second-order valence-corrected chi connectivity index (χ2v) is 6.75. The highest BCUT2D eigenvalue weighted by atomic mass is 15.1. The van der Waals surface area contributed by atoms with E-state index in [-0.39, 0.29) is 0 Å². The molecule has 3 aromatic rings. The highest BCUT2D eigenvalue weighted by Gasteiger charge is 2.08. The van der Waals surface area contributed by atoms with Gasteiger partial charge >= 0.3 is 0 Å². The van der Waals surface area contributed by atoms with Gasteiger partial charge in [0.05, 0.1) is 0 Å². The molecule has 2 aromatic carbocycles. The van der Waals surface area contributed by atoms with Crippen LogP contribution in [0.5, 0.6) is 0 Å². The van der Waals surface area contributed by atoms with E-state index in [0.29, 0.717) is 23.9 Å². The van der Waals surface area contributed by atoms with Crippen molar-refractivity contribution in [1.82, 2.24) is 9.97 Å². The van der Waals surface area contributed by atoms with E-state index < -0.39 is 0 Å². The lowest BCUT2D eigenvalue weighted by Crippen LogP contribution is -2.08. The molecule has 0 radical (unpaired) electrons. The number of nitrogen functional groups attached to an aromatic ring is 1. The third-order valence-corrected chi connectivity index (χ3v) is 4.50. The maximum atomic E-state index is 6.27. The number of nitrogens with two attached hydrogens (primary N) is 1. The summed E-state index contributed by atoms with van der Waals surface area (Å²) in [5.41, 5.74) is 11.5. The number of benzene rings is 2. The van der Waals surface area contributed by atoms with Gasteiger partial charge in [0.25, 0.3) is 0 Å². The van der Waals surface area contributed by atoms with Gasteiger partial charge in [-0.05, 0) is 43.0 Å². The Kier molecular flexibility index (Phi) is 6.26. The summed E-state index contributed by atoms with van der Waals surface area (Å²) in [4.78, 5) is 8.56. The van der Waals surface area contributed by atoms with Crippen LogP contribution in [0.1, 0.15) is 36.5 Å². The van der Waals surface area contributed by atoms with Crippen molar-refractivity contribution in [3.63, 3.8) is 0 Å². The first kappa shape index (κ1) is 18.7. The SMILES string of the molecule is CCCCc1ccc(Nc2ncnc(NCc3ccc(C)cc3)c2N)cc1. The van der Waals surface area contributed by atoms with E-state index in [1.54, 1.807) is 0 Å². The molecule has 5 nitrogen and oxygen atoms in total. The standard InChI is InChI=1S/C22H27N5/c1-3-4-5-17-10-12-19(13-11-17)27-22-20(23)21(25-15-26-22)24-14-18-8-6-16(2)7-9-18/h6-13,15H,3-5,14,23H2,1-2H3,(H2,24,25,26,27). The van der Waals surface area contributed by atoms with Crippen molar-refractivity contribution in [2.45, 2.75) is 39.7 Å². The van der Waals surface area contributed by atoms with Crippen LogP contribution in [-0.2, 0) is 13.0 Å². The predicted molar refractivity (Wildman–Crippen MR) is 113 cm³/mol. The van der Waals surface area contributed by atoms with Crippen molar-refractivity contribution in [3.05, 3.63) is 71.5 Å². The zero-order valence-electron chi connectivity index (χ0n) is 16.0. The fourth-order valence-electron chi connectivity index (χ4n) is 2.80. The molecule has 0 bridgehead atoms. The van der Waals surface area contributed by atoms with Crippen LogP contribution in [0, 0.1) is 6.92 Å². The van der Waals surface area contributed by atoms with Crippen molar-refractivity contribution in [1.29, 1.82) is 0 Å². The van der Waals surface area contributed by atoms with Crippen LogP contribution in [0.25, 0.3) is 0 Å². The predicted octanol–water partition coefficient (Wildman–Crippen LogP) is 5.07. The van der Waals surface area contributed by atoms with E-state index in [2.05, 4.69) is 83.0 Å². The molecule has 140 valence electrons. The zero-order chi connectivity index (χ0) is 19.1. The number of unbranched alkanes of at least 4 members (excludes halogenated alkanes) is 1. The average molecular weight is 361 g/mol. The van der Waals surface area contributed by atoms with Crippen LogP contribution >= 0.6 is 0 Å². The molecular formula is C22H27N5. The van der Waals surface area contributed by atoms with Crippen molar-refractivity contribution in [3.8, 4) is 0 Å². The Morgan fingerprint density at radius 3 is 2.26 bits per heavy atom. The minimum Gasteiger partial charge on any atom is -0.393 e. The van der Waals surface area contributed by atoms with Crippen LogP contribution in [-0.4, -0.2) is 9.97 Å². The second-order valence-electron chi connectivity index (χ2n) is 6.75. The van der Waals surface area contributed by atoms with E-state index >= 15 is 0 Å². The van der Waals surface area contributed by atoms with Gasteiger partial charge in [0.1, 0.15) is 12.0 Å². The molecule has 4 N–H and O–H groups in total. The van der Waals surface area contributed by atoms with Crippen molar-refractivity contribution < 1.29 is 0 Å². The van der Waals surface area contributed by atoms with Gasteiger partial charge in [0.15, 0.2) is 11.6 Å². The number of nitrogens with zero attached hydrogens (tertiary/aromatic N) is 2. The van der Waals surface area contributed by atoms with E-state index in [0.717, 1.165) is 12.1 Å². The molecule has 27 heavy (non-hydrogen) atoms. The van der Waals surface area contributed by atoms with Crippen LogP contribution in [0.15, 0.2) is 54.9 Å². The summed E-state index contributed by atoms with van der Waals surface area (Å²) in [6.07, 6.45) is 5.04. The molecule has 0 saturated carbocycles. The molecule has 1 aromatic heterocycles. The summed E-state index contributed by atoms with van der Waals surface area (Å²) in [7, 11) is 0. The van der Waals surface area contributed by atoms with Crippen molar-refractivity contribution in [2.24, 2.45) is 0 Å². The molecule has 0 aliphatic rings. The molecule has 5 heteroatoms. The van der Waals surface area contributed by atoms with E-state index in [1.807, 2.05) is 0 Å². The molecule has 1 heterocycles. The van der Waals surface area contributed by atoms with Crippen LogP contribution in [0.4, 0.5) is 23.0 Å². The zero-order valence-corrected chi connectivity index (χ0v) is 16.0. The molecule has 0 saturated heterocycles. The molecule has 0 fully saturated rings. The number of hydrogen-bond donors (Lipinski definition) is 3. The fraction of sp³-hybridized carbons (Fsp3) is 0.273. The highest BCUT2D eigenvalue weighted by molar-refractivity contribution is 5.77. The van der Waals surface area contributed by atoms with Gasteiger partial charge in [-0.15, -0.1) is 0 Å². The Balaban J connectivity index is 1.66. The van der Waals surface area contributed by atoms with E-state index in [4.69, 9.17) is 5.73 Å². The summed E-state index contributed by atoms with van der Waals surface area (Å²) in [5, 5.41) is 6.58. The van der Waals surface area contributed by atoms with Crippen LogP contribution < -0.4 is 16.4 Å².